The number of carbonyl (C=O) groups is 2. The Morgan fingerprint density at radius 3 is 2.44 bits per heavy atom. The molecule has 0 aromatic heterocycles. The number of thiocarbonyl (C=S) groups is 1. The van der Waals surface area contributed by atoms with Gasteiger partial charge in [-0.3, -0.25) is 9.59 Å². The summed E-state index contributed by atoms with van der Waals surface area (Å²) < 4.78 is 0. The van der Waals surface area contributed by atoms with Crippen LogP contribution in [-0.4, -0.2) is 45.8 Å². The van der Waals surface area contributed by atoms with Gasteiger partial charge in [-0.25, -0.2) is 0 Å². The number of carbonyl (C=O) groups excluding carboxylic acids is 2. The number of amides is 1. The lowest BCUT2D eigenvalue weighted by Crippen LogP contribution is -2.50. The number of Topliss-reactive ketones (excluding diaryl/α,β-unsaturated/α-hetero) is 1. The Hall–Kier alpha value is -0.810. The Kier molecular flexibility index (Phi) is 4.56. The molecule has 4 nitrogen and oxygen atoms in total. The van der Waals surface area contributed by atoms with Crippen LogP contribution in [0.4, 0.5) is 0 Å². The minimum absolute atomic E-state index is 0.0479. The maximum absolute atomic E-state index is 11.6. The van der Waals surface area contributed by atoms with Crippen molar-refractivity contribution in [3.63, 3.8) is 0 Å². The fourth-order valence-electron chi connectivity index (χ4n) is 1.82. The lowest BCUT2D eigenvalue weighted by atomic mass is 9.88. The summed E-state index contributed by atoms with van der Waals surface area (Å²) >= 11 is 4.66. The summed E-state index contributed by atoms with van der Waals surface area (Å²) in [4.78, 5) is 24.5. The van der Waals surface area contributed by atoms with Crippen molar-refractivity contribution in [1.29, 1.82) is 0 Å². The highest BCUT2D eigenvalue weighted by molar-refractivity contribution is 7.78. The van der Waals surface area contributed by atoms with Crippen LogP contribution in [0.5, 0.6) is 0 Å². The number of piperidine rings is 1. The van der Waals surface area contributed by atoms with Crippen LogP contribution in [0.2, 0.25) is 0 Å². The number of rotatable bonds is 4. The summed E-state index contributed by atoms with van der Waals surface area (Å²) in [5.74, 6) is -0.162. The molecule has 0 spiro atoms. The van der Waals surface area contributed by atoms with Crippen molar-refractivity contribution in [2.75, 3.05) is 13.1 Å². The summed E-state index contributed by atoms with van der Waals surface area (Å²) in [6.07, 6.45) is 1.70. The zero-order chi connectivity index (χ0) is 12.2. The van der Waals surface area contributed by atoms with E-state index in [1.807, 2.05) is 0 Å². The number of aliphatic hydroxyl groups is 1. The minimum Gasteiger partial charge on any atom is -0.382 e. The van der Waals surface area contributed by atoms with Crippen LogP contribution in [0, 0.1) is 0 Å². The summed E-state index contributed by atoms with van der Waals surface area (Å²) in [6, 6.07) is 0. The van der Waals surface area contributed by atoms with E-state index in [0.717, 1.165) is 0 Å². The van der Waals surface area contributed by atoms with Crippen LogP contribution in [0.1, 0.15) is 32.6 Å². The Morgan fingerprint density at radius 2 is 2.00 bits per heavy atom. The normalized spacial score (nSPS) is 19.2. The second-order valence-electron chi connectivity index (χ2n) is 4.17. The average molecular weight is 243 g/mol. The van der Waals surface area contributed by atoms with Crippen LogP contribution in [0.25, 0.3) is 0 Å². The zero-order valence-corrected chi connectivity index (χ0v) is 10.3. The Bertz CT molecular complexity index is 296. The lowest BCUT2D eigenvalue weighted by Gasteiger charge is -2.36. The molecule has 0 atom stereocenters. The van der Waals surface area contributed by atoms with Crippen LogP contribution in [0.3, 0.4) is 0 Å². The van der Waals surface area contributed by atoms with Gasteiger partial charge >= 0.3 is 0 Å². The third-order valence-electron chi connectivity index (χ3n) is 3.07. The highest BCUT2D eigenvalue weighted by Crippen LogP contribution is 2.23. The molecule has 1 heterocycles. The molecule has 1 saturated heterocycles. The summed E-state index contributed by atoms with van der Waals surface area (Å²) in [5, 5.41) is 11.5. The highest BCUT2D eigenvalue weighted by atomic mass is 32.1. The first-order valence-corrected chi connectivity index (χ1v) is 5.91. The topological polar surface area (TPSA) is 57.6 Å². The number of hydrogen-bond donors (Lipinski definition) is 1. The maximum atomic E-state index is 11.6. The molecule has 1 amide bonds. The van der Waals surface area contributed by atoms with E-state index in [0.29, 0.717) is 38.8 Å². The molecule has 0 bridgehead atoms. The van der Waals surface area contributed by atoms with Gasteiger partial charge in [0.15, 0.2) is 5.78 Å². The molecule has 0 aliphatic carbocycles. The number of hydrogen-bond acceptors (Lipinski definition) is 4. The zero-order valence-electron chi connectivity index (χ0n) is 9.44. The van der Waals surface area contributed by atoms with Gasteiger partial charge in [0.2, 0.25) is 5.91 Å². The third-order valence-corrected chi connectivity index (χ3v) is 3.31. The fourth-order valence-corrected chi connectivity index (χ4v) is 1.94. The van der Waals surface area contributed by atoms with Crippen molar-refractivity contribution in [2.24, 2.45) is 0 Å². The Balaban J connectivity index is 2.45. The van der Waals surface area contributed by atoms with Crippen molar-refractivity contribution >= 4 is 29.3 Å². The van der Waals surface area contributed by atoms with Gasteiger partial charge in [-0.15, -0.1) is 0 Å². The minimum atomic E-state index is -1.22. The summed E-state index contributed by atoms with van der Waals surface area (Å²) in [7, 11) is 0. The van der Waals surface area contributed by atoms with Crippen molar-refractivity contribution < 1.29 is 14.7 Å². The van der Waals surface area contributed by atoms with Crippen molar-refractivity contribution in [3.05, 3.63) is 0 Å². The molecule has 0 aromatic carbocycles. The summed E-state index contributed by atoms with van der Waals surface area (Å²) in [6.45, 7) is 2.29. The van der Waals surface area contributed by atoms with E-state index >= 15 is 0 Å². The molecule has 1 aliphatic rings. The Labute approximate surface area is 101 Å². The highest BCUT2D eigenvalue weighted by Gasteiger charge is 2.37. The van der Waals surface area contributed by atoms with E-state index in [4.69, 9.17) is 0 Å². The molecule has 0 saturated carbocycles. The quantitative estimate of drug-likeness (QED) is 0.739. The molecule has 1 rings (SSSR count). The van der Waals surface area contributed by atoms with Crippen LogP contribution >= 0.6 is 12.2 Å². The van der Waals surface area contributed by atoms with E-state index < -0.39 is 5.60 Å². The van der Waals surface area contributed by atoms with Gasteiger partial charge in [0.25, 0.3) is 0 Å². The molecule has 5 heteroatoms. The van der Waals surface area contributed by atoms with E-state index in [1.54, 1.807) is 10.3 Å². The predicted octanol–water partition coefficient (Wildman–Crippen LogP) is 0.709. The molecule has 1 N–H and O–H groups in total. The molecular weight excluding hydrogens is 226 g/mol. The first-order chi connectivity index (χ1) is 7.49. The third kappa shape index (κ3) is 3.09. The van der Waals surface area contributed by atoms with Gasteiger partial charge in [0.1, 0.15) is 5.60 Å². The molecule has 0 radical (unpaired) electrons. The molecule has 0 unspecified atom stereocenters. The standard InChI is InChI=1S/C11H17NO3S/c1-9(13)11(15)4-6-12(7-5-11)10(14)3-2-8-16/h8,15H,2-7H2,1H3. The second kappa shape index (κ2) is 5.50. The largest absolute Gasteiger partial charge is 0.382 e. The van der Waals surface area contributed by atoms with E-state index in [2.05, 4.69) is 12.2 Å². The number of nitrogens with zero attached hydrogens (tertiary/aromatic N) is 1. The van der Waals surface area contributed by atoms with Crippen LogP contribution in [0.15, 0.2) is 0 Å². The number of ketones is 1. The molecule has 0 aromatic rings. The van der Waals surface area contributed by atoms with Gasteiger partial charge in [-0.2, -0.15) is 0 Å². The molecule has 16 heavy (non-hydrogen) atoms. The molecule has 1 fully saturated rings. The fraction of sp³-hybridized carbons (Fsp3) is 0.727. The van der Waals surface area contributed by atoms with Gasteiger partial charge in [-0.1, -0.05) is 12.2 Å². The lowest BCUT2D eigenvalue weighted by molar-refractivity contribution is -0.146. The predicted molar refractivity (Wildman–Crippen MR) is 64.3 cm³/mol. The van der Waals surface area contributed by atoms with Crippen molar-refractivity contribution in [2.45, 2.75) is 38.2 Å². The molecule has 90 valence electrons. The average Bonchev–Trinajstić information content (AvgIpc) is 2.26. The van der Waals surface area contributed by atoms with Gasteiger partial charge in [0.05, 0.1) is 0 Å². The Morgan fingerprint density at radius 1 is 1.44 bits per heavy atom. The smallest absolute Gasteiger partial charge is 0.222 e. The SMILES string of the molecule is CC(=O)C1(O)CCN(C(=O)CCC=S)CC1. The second-order valence-corrected chi connectivity index (χ2v) is 4.51. The van der Waals surface area contributed by atoms with Gasteiger partial charge in [-0.05, 0) is 18.7 Å². The first kappa shape index (κ1) is 13.3. The summed E-state index contributed by atoms with van der Waals surface area (Å²) in [5.41, 5.74) is -1.22. The van der Waals surface area contributed by atoms with E-state index in [9.17, 15) is 14.7 Å². The van der Waals surface area contributed by atoms with Crippen molar-refractivity contribution in [1.82, 2.24) is 4.90 Å². The van der Waals surface area contributed by atoms with Crippen molar-refractivity contribution in [3.8, 4) is 0 Å². The van der Waals surface area contributed by atoms with E-state index in [1.165, 1.54) is 6.92 Å². The monoisotopic (exact) mass is 243 g/mol. The molecule has 1 aliphatic heterocycles. The maximum Gasteiger partial charge on any atom is 0.222 e. The van der Waals surface area contributed by atoms with Gasteiger partial charge < -0.3 is 10.0 Å². The van der Waals surface area contributed by atoms with E-state index in [-0.39, 0.29) is 11.7 Å². The van der Waals surface area contributed by atoms with Crippen LogP contribution in [-0.2, 0) is 9.59 Å². The van der Waals surface area contributed by atoms with Gasteiger partial charge in [0, 0.05) is 32.4 Å². The molecular formula is C11H17NO3S. The first-order valence-electron chi connectivity index (χ1n) is 5.44. The van der Waals surface area contributed by atoms with Crippen LogP contribution < -0.4 is 0 Å². The number of likely N-dealkylation sites (tertiary alicyclic amines) is 1.